The molecule has 0 heterocycles. The lowest BCUT2D eigenvalue weighted by Crippen LogP contribution is -2.30. The number of nitrogens with zero attached hydrogens (tertiary/aromatic N) is 2. The normalized spacial score (nSPS) is 10.9. The largest absolute Gasteiger partial charge is 0.339 e. The number of amides is 1. The highest BCUT2D eigenvalue weighted by atomic mass is 32.2. The lowest BCUT2D eigenvalue weighted by atomic mass is 10.2. The van der Waals surface area contributed by atoms with Gasteiger partial charge in [-0.05, 0) is 38.1 Å². The molecule has 0 radical (unpaired) electrons. The van der Waals surface area contributed by atoms with Gasteiger partial charge < -0.3 is 4.90 Å². The van der Waals surface area contributed by atoms with E-state index in [4.69, 9.17) is 5.26 Å². The first-order valence-electron chi connectivity index (χ1n) is 6.72. The zero-order chi connectivity index (χ0) is 15.9. The third kappa shape index (κ3) is 4.55. The molecule has 1 aromatic carbocycles. The van der Waals surface area contributed by atoms with Gasteiger partial charge in [0, 0.05) is 31.6 Å². The smallest absolute Gasteiger partial charge is 0.253 e. The Morgan fingerprint density at radius 3 is 2.29 bits per heavy atom. The molecule has 0 aliphatic carbocycles. The number of carbonyl (C=O) groups is 1. The van der Waals surface area contributed by atoms with Gasteiger partial charge in [-0.1, -0.05) is 0 Å². The zero-order valence-electron chi connectivity index (χ0n) is 12.2. The summed E-state index contributed by atoms with van der Waals surface area (Å²) in [4.78, 5) is 13.8. The summed E-state index contributed by atoms with van der Waals surface area (Å²) in [5.74, 6) is -0.124. The summed E-state index contributed by atoms with van der Waals surface area (Å²) >= 11 is 0. The van der Waals surface area contributed by atoms with Crippen LogP contribution in [0.5, 0.6) is 0 Å². The van der Waals surface area contributed by atoms with Crippen molar-refractivity contribution in [2.45, 2.75) is 25.2 Å². The van der Waals surface area contributed by atoms with Crippen LogP contribution in [-0.2, 0) is 10.0 Å². The number of nitrogens with one attached hydrogen (secondary N) is 1. The van der Waals surface area contributed by atoms with E-state index in [-0.39, 0.29) is 23.8 Å². The van der Waals surface area contributed by atoms with Crippen molar-refractivity contribution in [1.82, 2.24) is 9.62 Å². The fourth-order valence-corrected chi connectivity index (χ4v) is 2.83. The molecular weight excluding hydrogens is 290 g/mol. The van der Waals surface area contributed by atoms with Crippen LogP contribution < -0.4 is 4.72 Å². The van der Waals surface area contributed by atoms with Gasteiger partial charge in [0.05, 0.1) is 11.0 Å². The van der Waals surface area contributed by atoms with E-state index in [1.165, 1.54) is 24.3 Å². The van der Waals surface area contributed by atoms with E-state index in [1.54, 1.807) is 4.90 Å². The lowest BCUT2D eigenvalue weighted by molar-refractivity contribution is 0.0773. The van der Waals surface area contributed by atoms with Gasteiger partial charge in [-0.2, -0.15) is 5.26 Å². The first-order chi connectivity index (χ1) is 9.96. The molecule has 114 valence electrons. The van der Waals surface area contributed by atoms with E-state index in [0.29, 0.717) is 18.7 Å². The van der Waals surface area contributed by atoms with Crippen molar-refractivity contribution in [1.29, 1.82) is 5.26 Å². The van der Waals surface area contributed by atoms with Gasteiger partial charge in [-0.15, -0.1) is 0 Å². The summed E-state index contributed by atoms with van der Waals surface area (Å²) in [5, 5.41) is 8.40. The lowest BCUT2D eigenvalue weighted by Gasteiger charge is -2.18. The van der Waals surface area contributed by atoms with E-state index in [2.05, 4.69) is 4.72 Å². The summed E-state index contributed by atoms with van der Waals surface area (Å²) in [6.07, 6.45) is 0.109. The van der Waals surface area contributed by atoms with Crippen LogP contribution in [0.4, 0.5) is 0 Å². The predicted octanol–water partition coefficient (Wildman–Crippen LogP) is 1.36. The first kappa shape index (κ1) is 17.1. The molecule has 0 spiro atoms. The maximum Gasteiger partial charge on any atom is 0.253 e. The van der Waals surface area contributed by atoms with Crippen LogP contribution in [0.15, 0.2) is 29.2 Å². The summed E-state index contributed by atoms with van der Waals surface area (Å²) < 4.78 is 26.2. The molecule has 1 amide bonds. The number of rotatable bonds is 7. The van der Waals surface area contributed by atoms with Crippen molar-refractivity contribution in [3.05, 3.63) is 29.8 Å². The maximum atomic E-state index is 12.1. The molecule has 0 unspecified atom stereocenters. The number of sulfonamides is 1. The molecule has 0 aliphatic rings. The van der Waals surface area contributed by atoms with E-state index in [9.17, 15) is 13.2 Å². The number of nitriles is 1. The Morgan fingerprint density at radius 1 is 1.24 bits per heavy atom. The Kier molecular flexibility index (Phi) is 6.34. The summed E-state index contributed by atoms with van der Waals surface area (Å²) in [5.41, 5.74) is 0.453. The van der Waals surface area contributed by atoms with E-state index in [1.807, 2.05) is 19.9 Å². The predicted molar refractivity (Wildman–Crippen MR) is 79.1 cm³/mol. The summed E-state index contributed by atoms with van der Waals surface area (Å²) in [6, 6.07) is 7.65. The second-order valence-electron chi connectivity index (χ2n) is 4.31. The molecule has 7 heteroatoms. The quantitative estimate of drug-likeness (QED) is 0.770. The van der Waals surface area contributed by atoms with Crippen LogP contribution in [-0.4, -0.2) is 38.9 Å². The average Bonchev–Trinajstić information content (AvgIpc) is 2.48. The molecular formula is C14H19N3O3S. The minimum absolute atomic E-state index is 0.0684. The molecule has 0 saturated heterocycles. The van der Waals surface area contributed by atoms with Crippen molar-refractivity contribution in [3.8, 4) is 6.07 Å². The van der Waals surface area contributed by atoms with Crippen LogP contribution in [0, 0.1) is 11.3 Å². The molecule has 21 heavy (non-hydrogen) atoms. The van der Waals surface area contributed by atoms with Crippen molar-refractivity contribution in [3.63, 3.8) is 0 Å². The topological polar surface area (TPSA) is 90.3 Å². The third-order valence-corrected chi connectivity index (χ3v) is 4.47. The maximum absolute atomic E-state index is 12.1. The van der Waals surface area contributed by atoms with E-state index in [0.717, 1.165) is 0 Å². The third-order valence-electron chi connectivity index (χ3n) is 2.99. The van der Waals surface area contributed by atoms with Crippen LogP contribution in [0.25, 0.3) is 0 Å². The van der Waals surface area contributed by atoms with Crippen LogP contribution in [0.2, 0.25) is 0 Å². The second kappa shape index (κ2) is 7.76. The number of benzene rings is 1. The number of carbonyl (C=O) groups excluding carboxylic acids is 1. The SMILES string of the molecule is CCN(CC)C(=O)c1ccc(S(=O)(=O)NCCC#N)cc1. The summed E-state index contributed by atoms with van der Waals surface area (Å²) in [7, 11) is -3.63. The molecule has 0 aromatic heterocycles. The second-order valence-corrected chi connectivity index (χ2v) is 6.07. The zero-order valence-corrected chi connectivity index (χ0v) is 13.0. The van der Waals surface area contributed by atoms with Gasteiger partial charge in [0.25, 0.3) is 5.91 Å². The highest BCUT2D eigenvalue weighted by molar-refractivity contribution is 7.89. The van der Waals surface area contributed by atoms with Gasteiger partial charge >= 0.3 is 0 Å². The minimum Gasteiger partial charge on any atom is -0.339 e. The van der Waals surface area contributed by atoms with Crippen molar-refractivity contribution >= 4 is 15.9 Å². The minimum atomic E-state index is -3.63. The Morgan fingerprint density at radius 2 is 1.81 bits per heavy atom. The Balaban J connectivity index is 2.87. The summed E-state index contributed by atoms with van der Waals surface area (Å²) in [6.45, 7) is 5.05. The fourth-order valence-electron chi connectivity index (χ4n) is 1.79. The molecule has 0 aliphatic heterocycles. The Labute approximate surface area is 125 Å². The van der Waals surface area contributed by atoms with E-state index < -0.39 is 10.0 Å². The van der Waals surface area contributed by atoms with Gasteiger partial charge in [0.15, 0.2) is 0 Å². The Hall–Kier alpha value is -1.91. The van der Waals surface area contributed by atoms with Crippen molar-refractivity contribution in [2.24, 2.45) is 0 Å². The molecule has 1 aromatic rings. The molecule has 1 rings (SSSR count). The fraction of sp³-hybridized carbons (Fsp3) is 0.429. The van der Waals surface area contributed by atoms with Crippen molar-refractivity contribution in [2.75, 3.05) is 19.6 Å². The van der Waals surface area contributed by atoms with Crippen LogP contribution in [0.3, 0.4) is 0 Å². The number of hydrogen-bond donors (Lipinski definition) is 1. The van der Waals surface area contributed by atoms with Crippen LogP contribution >= 0.6 is 0 Å². The first-order valence-corrected chi connectivity index (χ1v) is 8.20. The molecule has 6 nitrogen and oxygen atoms in total. The molecule has 0 saturated carbocycles. The van der Waals surface area contributed by atoms with Crippen LogP contribution in [0.1, 0.15) is 30.6 Å². The highest BCUT2D eigenvalue weighted by Gasteiger charge is 2.16. The van der Waals surface area contributed by atoms with Crippen molar-refractivity contribution < 1.29 is 13.2 Å². The van der Waals surface area contributed by atoms with Gasteiger partial charge in [0.2, 0.25) is 10.0 Å². The highest BCUT2D eigenvalue weighted by Crippen LogP contribution is 2.12. The van der Waals surface area contributed by atoms with Gasteiger partial charge in [-0.25, -0.2) is 13.1 Å². The van der Waals surface area contributed by atoms with Gasteiger partial charge in [0.1, 0.15) is 0 Å². The Bertz CT molecular complexity index is 614. The number of hydrogen-bond acceptors (Lipinski definition) is 4. The molecule has 0 atom stereocenters. The van der Waals surface area contributed by atoms with E-state index >= 15 is 0 Å². The standard InChI is InChI=1S/C14H19N3O3S/c1-3-17(4-2)14(18)12-6-8-13(9-7-12)21(19,20)16-11-5-10-15/h6-9,16H,3-5,11H2,1-2H3. The monoisotopic (exact) mass is 309 g/mol. The molecule has 0 fully saturated rings. The average molecular weight is 309 g/mol. The van der Waals surface area contributed by atoms with Gasteiger partial charge in [-0.3, -0.25) is 4.79 Å². The molecule has 0 bridgehead atoms. The molecule has 1 N–H and O–H groups in total.